The largest absolute Gasteiger partial charge is 0.493 e. The Balaban J connectivity index is 2.63. The maximum absolute atomic E-state index is 11.3. The number of aryl methyl sites for hydroxylation is 1. The molecule has 4 heteroatoms. The first kappa shape index (κ1) is 8.04. The van der Waals surface area contributed by atoms with E-state index in [1.54, 1.807) is 6.92 Å². The van der Waals surface area contributed by atoms with Gasteiger partial charge in [-0.1, -0.05) is 0 Å². The normalized spacial score (nSPS) is 15.0. The van der Waals surface area contributed by atoms with Gasteiger partial charge in [0.05, 0.1) is 17.9 Å². The van der Waals surface area contributed by atoms with Crippen LogP contribution < -0.4 is 0 Å². The molecular weight excluding hydrogens is 170 g/mol. The van der Waals surface area contributed by atoms with E-state index in [1.807, 2.05) is 0 Å². The van der Waals surface area contributed by atoms with Crippen molar-refractivity contribution in [1.29, 1.82) is 0 Å². The average molecular weight is 179 g/mol. The zero-order chi connectivity index (χ0) is 9.42. The number of pyridine rings is 1. The Bertz CT molecular complexity index is 373. The van der Waals surface area contributed by atoms with Crippen molar-refractivity contribution in [1.82, 2.24) is 4.98 Å². The summed E-state index contributed by atoms with van der Waals surface area (Å²) >= 11 is 0. The highest BCUT2D eigenvalue weighted by Crippen LogP contribution is 2.22. The first-order valence-corrected chi connectivity index (χ1v) is 4.05. The molecule has 0 aromatic carbocycles. The Morgan fingerprint density at radius 3 is 3.15 bits per heavy atom. The summed E-state index contributed by atoms with van der Waals surface area (Å²) < 4.78 is 4.86. The molecule has 0 amide bonds. The topological polar surface area (TPSA) is 59.4 Å². The van der Waals surface area contributed by atoms with Crippen LogP contribution >= 0.6 is 0 Å². The van der Waals surface area contributed by atoms with Gasteiger partial charge >= 0.3 is 5.97 Å². The van der Waals surface area contributed by atoms with Gasteiger partial charge in [-0.3, -0.25) is 0 Å². The lowest BCUT2D eigenvalue weighted by atomic mass is 10.0. The van der Waals surface area contributed by atoms with Crippen LogP contribution in [0.5, 0.6) is 5.88 Å². The van der Waals surface area contributed by atoms with Crippen LogP contribution in [0.15, 0.2) is 6.07 Å². The van der Waals surface area contributed by atoms with Crippen LogP contribution in [0.2, 0.25) is 0 Å². The number of aromatic nitrogens is 1. The predicted molar refractivity (Wildman–Crippen MR) is 44.6 cm³/mol. The predicted octanol–water partition coefficient (Wildman–Crippen LogP) is 0.809. The lowest BCUT2D eigenvalue weighted by Crippen LogP contribution is -2.19. The SMILES string of the molecule is Cc1nc(O)cc2c1C(=O)OCC2. The van der Waals surface area contributed by atoms with E-state index in [0.717, 1.165) is 5.56 Å². The molecule has 2 rings (SSSR count). The Labute approximate surface area is 75.2 Å². The lowest BCUT2D eigenvalue weighted by Gasteiger charge is -2.16. The van der Waals surface area contributed by atoms with Gasteiger partial charge in [-0.15, -0.1) is 0 Å². The molecule has 1 aromatic rings. The number of carbonyl (C=O) groups is 1. The maximum atomic E-state index is 11.3. The summed E-state index contributed by atoms with van der Waals surface area (Å²) in [6, 6.07) is 1.52. The minimum absolute atomic E-state index is 0.0362. The van der Waals surface area contributed by atoms with E-state index >= 15 is 0 Å². The molecule has 0 bridgehead atoms. The van der Waals surface area contributed by atoms with Gasteiger partial charge in [-0.2, -0.15) is 0 Å². The summed E-state index contributed by atoms with van der Waals surface area (Å²) in [7, 11) is 0. The summed E-state index contributed by atoms with van der Waals surface area (Å²) in [5.41, 5.74) is 1.85. The standard InChI is InChI=1S/C9H9NO3/c1-5-8-6(4-7(11)10-5)2-3-13-9(8)12/h4H,2-3H2,1H3,(H,10,11). The van der Waals surface area contributed by atoms with Crippen LogP contribution in [-0.2, 0) is 11.2 Å². The second-order valence-corrected chi connectivity index (χ2v) is 2.99. The zero-order valence-corrected chi connectivity index (χ0v) is 7.20. The fraction of sp³-hybridized carbons (Fsp3) is 0.333. The van der Waals surface area contributed by atoms with E-state index in [4.69, 9.17) is 4.74 Å². The number of nitrogens with zero attached hydrogens (tertiary/aromatic N) is 1. The van der Waals surface area contributed by atoms with Crippen molar-refractivity contribution in [2.45, 2.75) is 13.3 Å². The minimum atomic E-state index is -0.341. The molecule has 0 saturated heterocycles. The van der Waals surface area contributed by atoms with Crippen molar-refractivity contribution in [2.75, 3.05) is 6.61 Å². The van der Waals surface area contributed by atoms with Gasteiger partial charge in [0.25, 0.3) is 0 Å². The van der Waals surface area contributed by atoms with Crippen molar-refractivity contribution in [3.8, 4) is 5.88 Å². The van der Waals surface area contributed by atoms with E-state index in [-0.39, 0.29) is 11.8 Å². The third-order valence-corrected chi connectivity index (χ3v) is 2.08. The number of hydrogen-bond acceptors (Lipinski definition) is 4. The number of hydrogen-bond donors (Lipinski definition) is 1. The zero-order valence-electron chi connectivity index (χ0n) is 7.20. The van der Waals surface area contributed by atoms with E-state index in [2.05, 4.69) is 4.98 Å². The average Bonchev–Trinajstić information content (AvgIpc) is 2.02. The molecule has 4 nitrogen and oxygen atoms in total. The first-order chi connectivity index (χ1) is 6.18. The monoisotopic (exact) mass is 179 g/mol. The number of fused-ring (bicyclic) bond motifs is 1. The summed E-state index contributed by atoms with van der Waals surface area (Å²) in [6.07, 6.45) is 0.651. The fourth-order valence-corrected chi connectivity index (χ4v) is 1.52. The number of carbonyl (C=O) groups excluding carboxylic acids is 1. The van der Waals surface area contributed by atoms with E-state index < -0.39 is 0 Å². The highest BCUT2D eigenvalue weighted by atomic mass is 16.5. The number of cyclic esters (lactones) is 1. The lowest BCUT2D eigenvalue weighted by molar-refractivity contribution is 0.0478. The molecule has 0 unspecified atom stereocenters. The van der Waals surface area contributed by atoms with Gasteiger partial charge in [-0.25, -0.2) is 9.78 Å². The molecular formula is C9H9NO3. The smallest absolute Gasteiger partial charge is 0.340 e. The molecule has 0 aliphatic carbocycles. The highest BCUT2D eigenvalue weighted by Gasteiger charge is 2.22. The molecule has 1 aromatic heterocycles. The van der Waals surface area contributed by atoms with E-state index in [0.29, 0.717) is 24.3 Å². The van der Waals surface area contributed by atoms with Crippen molar-refractivity contribution >= 4 is 5.97 Å². The third kappa shape index (κ3) is 1.24. The molecule has 0 radical (unpaired) electrons. The van der Waals surface area contributed by atoms with E-state index in [9.17, 15) is 9.90 Å². The maximum Gasteiger partial charge on any atom is 0.340 e. The Kier molecular flexibility index (Phi) is 1.69. The second-order valence-electron chi connectivity index (χ2n) is 2.99. The van der Waals surface area contributed by atoms with Crippen LogP contribution in [0.25, 0.3) is 0 Å². The van der Waals surface area contributed by atoms with Crippen molar-refractivity contribution in [2.24, 2.45) is 0 Å². The minimum Gasteiger partial charge on any atom is -0.493 e. The van der Waals surface area contributed by atoms with Crippen LogP contribution in [0, 0.1) is 6.92 Å². The van der Waals surface area contributed by atoms with Crippen LogP contribution in [0.3, 0.4) is 0 Å². The molecule has 0 saturated carbocycles. The molecule has 13 heavy (non-hydrogen) atoms. The summed E-state index contributed by atoms with van der Waals surface area (Å²) in [4.78, 5) is 15.1. The molecule has 1 aliphatic rings. The number of ether oxygens (including phenoxy) is 1. The van der Waals surface area contributed by atoms with Crippen molar-refractivity contribution in [3.63, 3.8) is 0 Å². The molecule has 2 heterocycles. The van der Waals surface area contributed by atoms with Gasteiger partial charge in [0.15, 0.2) is 0 Å². The summed E-state index contributed by atoms with van der Waals surface area (Å²) in [5.74, 6) is -0.378. The van der Waals surface area contributed by atoms with E-state index in [1.165, 1.54) is 6.07 Å². The van der Waals surface area contributed by atoms with Crippen LogP contribution in [0.4, 0.5) is 0 Å². The summed E-state index contributed by atoms with van der Waals surface area (Å²) in [6.45, 7) is 2.07. The molecule has 0 atom stereocenters. The van der Waals surface area contributed by atoms with Gasteiger partial charge < -0.3 is 9.84 Å². The molecule has 68 valence electrons. The number of rotatable bonds is 0. The fourth-order valence-electron chi connectivity index (χ4n) is 1.52. The van der Waals surface area contributed by atoms with Gasteiger partial charge in [0.1, 0.15) is 0 Å². The quantitative estimate of drug-likeness (QED) is 0.598. The van der Waals surface area contributed by atoms with Crippen molar-refractivity contribution in [3.05, 3.63) is 22.9 Å². The number of aromatic hydroxyl groups is 1. The van der Waals surface area contributed by atoms with Crippen LogP contribution in [-0.4, -0.2) is 22.7 Å². The van der Waals surface area contributed by atoms with Gasteiger partial charge in [-0.05, 0) is 12.5 Å². The Morgan fingerprint density at radius 2 is 2.38 bits per heavy atom. The van der Waals surface area contributed by atoms with Gasteiger partial charge in [0, 0.05) is 12.5 Å². The third-order valence-electron chi connectivity index (χ3n) is 2.08. The molecule has 1 aliphatic heterocycles. The second kappa shape index (κ2) is 2.73. The molecule has 0 fully saturated rings. The molecule has 1 N–H and O–H groups in total. The van der Waals surface area contributed by atoms with Crippen LogP contribution in [0.1, 0.15) is 21.6 Å². The van der Waals surface area contributed by atoms with Gasteiger partial charge in [0.2, 0.25) is 5.88 Å². The Hall–Kier alpha value is -1.58. The first-order valence-electron chi connectivity index (χ1n) is 4.05. The van der Waals surface area contributed by atoms with Crippen molar-refractivity contribution < 1.29 is 14.6 Å². The number of esters is 1. The summed E-state index contributed by atoms with van der Waals surface area (Å²) in [5, 5.41) is 9.19. The highest BCUT2D eigenvalue weighted by molar-refractivity contribution is 5.93. The molecule has 0 spiro atoms. The Morgan fingerprint density at radius 1 is 1.62 bits per heavy atom.